The van der Waals surface area contributed by atoms with E-state index in [4.69, 9.17) is 10.5 Å². The number of carbonyl (C=O) groups is 1. The predicted molar refractivity (Wildman–Crippen MR) is 73.8 cm³/mol. The summed E-state index contributed by atoms with van der Waals surface area (Å²) in [5, 5.41) is 10.6. The second-order valence-corrected chi connectivity index (χ2v) is 6.10. The summed E-state index contributed by atoms with van der Waals surface area (Å²) < 4.78 is 5.90. The van der Waals surface area contributed by atoms with Crippen molar-refractivity contribution in [2.45, 2.75) is 29.9 Å². The minimum atomic E-state index is -0.204. The fourth-order valence-electron chi connectivity index (χ4n) is 1.15. The number of ether oxygens (including phenoxy) is 1. The molecule has 1 aromatic heterocycles. The minimum Gasteiger partial charge on any atom is -0.382 e. The van der Waals surface area contributed by atoms with Gasteiger partial charge in [0.25, 0.3) is 0 Å². The molecule has 3 N–H and O–H groups in total. The van der Waals surface area contributed by atoms with Gasteiger partial charge in [0.05, 0.1) is 5.25 Å². The molecule has 0 saturated carbocycles. The quantitative estimate of drug-likeness (QED) is 0.551. The van der Waals surface area contributed by atoms with Gasteiger partial charge in [-0.05, 0) is 20.3 Å². The highest BCUT2D eigenvalue weighted by Gasteiger charge is 2.16. The Morgan fingerprint density at radius 2 is 2.39 bits per heavy atom. The highest BCUT2D eigenvalue weighted by molar-refractivity contribution is 8.02. The Morgan fingerprint density at radius 1 is 1.61 bits per heavy atom. The van der Waals surface area contributed by atoms with Gasteiger partial charge in [0.15, 0.2) is 4.34 Å². The van der Waals surface area contributed by atoms with E-state index < -0.39 is 0 Å². The smallest absolute Gasteiger partial charge is 0.233 e. The second-order valence-electron chi connectivity index (χ2n) is 3.51. The number of aromatic nitrogens is 2. The van der Waals surface area contributed by atoms with Crippen LogP contribution in [0.15, 0.2) is 4.34 Å². The molecule has 0 spiro atoms. The van der Waals surface area contributed by atoms with E-state index in [-0.39, 0.29) is 11.2 Å². The topological polar surface area (TPSA) is 90.1 Å². The lowest BCUT2D eigenvalue weighted by atomic mass is 10.4. The molecule has 0 radical (unpaired) electrons. The second kappa shape index (κ2) is 8.28. The van der Waals surface area contributed by atoms with Crippen LogP contribution in [0.2, 0.25) is 0 Å². The van der Waals surface area contributed by atoms with Gasteiger partial charge < -0.3 is 15.8 Å². The van der Waals surface area contributed by atoms with E-state index in [9.17, 15) is 4.79 Å². The Balaban J connectivity index is 2.20. The standard InChI is InChI=1S/C10H18N4O2S2/c1-3-16-6-4-5-12-8(15)7(2)17-10-14-13-9(11)18-10/h7H,3-6H2,1-2H3,(H2,11,13)(H,12,15). The first kappa shape index (κ1) is 15.2. The zero-order chi connectivity index (χ0) is 13.4. The van der Waals surface area contributed by atoms with Gasteiger partial charge in [-0.15, -0.1) is 10.2 Å². The summed E-state index contributed by atoms with van der Waals surface area (Å²) in [4.78, 5) is 11.7. The first-order valence-electron chi connectivity index (χ1n) is 5.74. The summed E-state index contributed by atoms with van der Waals surface area (Å²) in [6.45, 7) is 5.79. The van der Waals surface area contributed by atoms with Crippen LogP contribution in [0.5, 0.6) is 0 Å². The summed E-state index contributed by atoms with van der Waals surface area (Å²) in [6, 6.07) is 0. The lowest BCUT2D eigenvalue weighted by Gasteiger charge is -2.09. The molecule has 1 unspecified atom stereocenters. The third-order valence-corrected chi connectivity index (χ3v) is 3.97. The summed E-state index contributed by atoms with van der Waals surface area (Å²) in [5.74, 6) is -0.00901. The zero-order valence-electron chi connectivity index (χ0n) is 10.5. The van der Waals surface area contributed by atoms with Crippen molar-refractivity contribution in [2.24, 2.45) is 0 Å². The molecular formula is C10H18N4O2S2. The van der Waals surface area contributed by atoms with Gasteiger partial charge in [-0.3, -0.25) is 4.79 Å². The molecule has 0 aliphatic carbocycles. The third-order valence-electron chi connectivity index (χ3n) is 2.04. The van der Waals surface area contributed by atoms with Crippen molar-refractivity contribution in [3.63, 3.8) is 0 Å². The van der Waals surface area contributed by atoms with E-state index >= 15 is 0 Å². The normalized spacial score (nSPS) is 12.3. The van der Waals surface area contributed by atoms with E-state index in [1.807, 2.05) is 13.8 Å². The van der Waals surface area contributed by atoms with Gasteiger partial charge in [-0.25, -0.2) is 0 Å². The number of nitrogens with one attached hydrogen (secondary N) is 1. The number of nitrogens with zero attached hydrogens (tertiary/aromatic N) is 2. The van der Waals surface area contributed by atoms with Crippen LogP contribution >= 0.6 is 23.1 Å². The molecule has 6 nitrogen and oxygen atoms in total. The van der Waals surface area contributed by atoms with E-state index in [0.717, 1.165) is 6.42 Å². The van der Waals surface area contributed by atoms with Crippen LogP contribution in [0.1, 0.15) is 20.3 Å². The molecule has 18 heavy (non-hydrogen) atoms. The molecular weight excluding hydrogens is 272 g/mol. The first-order valence-corrected chi connectivity index (χ1v) is 7.44. The van der Waals surface area contributed by atoms with Crippen molar-refractivity contribution >= 4 is 34.1 Å². The molecule has 0 bridgehead atoms. The largest absolute Gasteiger partial charge is 0.382 e. The van der Waals surface area contributed by atoms with Crippen molar-refractivity contribution in [3.8, 4) is 0 Å². The molecule has 1 aromatic rings. The van der Waals surface area contributed by atoms with Crippen molar-refractivity contribution in [1.29, 1.82) is 0 Å². The molecule has 0 fully saturated rings. The van der Waals surface area contributed by atoms with Crippen molar-refractivity contribution in [1.82, 2.24) is 15.5 Å². The van der Waals surface area contributed by atoms with E-state index in [2.05, 4.69) is 15.5 Å². The van der Waals surface area contributed by atoms with Crippen LogP contribution < -0.4 is 11.1 Å². The van der Waals surface area contributed by atoms with Crippen LogP contribution in [-0.4, -0.2) is 41.1 Å². The lowest BCUT2D eigenvalue weighted by molar-refractivity contribution is -0.120. The van der Waals surface area contributed by atoms with Gasteiger partial charge in [0, 0.05) is 19.8 Å². The molecule has 0 aliphatic heterocycles. The fourth-order valence-corrected chi connectivity index (χ4v) is 2.95. The van der Waals surface area contributed by atoms with Crippen LogP contribution in [0.25, 0.3) is 0 Å². The molecule has 1 heterocycles. The summed E-state index contributed by atoms with van der Waals surface area (Å²) in [5.41, 5.74) is 5.47. The Hall–Kier alpha value is -0.860. The average Bonchev–Trinajstić information content (AvgIpc) is 2.74. The number of carbonyl (C=O) groups excluding carboxylic acids is 1. The van der Waals surface area contributed by atoms with Crippen LogP contribution in [0.3, 0.4) is 0 Å². The van der Waals surface area contributed by atoms with E-state index in [1.165, 1.54) is 23.1 Å². The minimum absolute atomic E-state index is 0.00901. The summed E-state index contributed by atoms with van der Waals surface area (Å²) >= 11 is 2.65. The van der Waals surface area contributed by atoms with Crippen molar-refractivity contribution < 1.29 is 9.53 Å². The summed E-state index contributed by atoms with van der Waals surface area (Å²) in [6.07, 6.45) is 0.822. The zero-order valence-corrected chi connectivity index (χ0v) is 12.1. The predicted octanol–water partition coefficient (Wildman–Crippen LogP) is 1.14. The number of thioether (sulfide) groups is 1. The lowest BCUT2D eigenvalue weighted by Crippen LogP contribution is -2.32. The van der Waals surface area contributed by atoms with Gasteiger partial charge in [0.2, 0.25) is 11.0 Å². The average molecular weight is 290 g/mol. The number of hydrogen-bond donors (Lipinski definition) is 2. The molecule has 0 aliphatic rings. The highest BCUT2D eigenvalue weighted by atomic mass is 32.2. The monoisotopic (exact) mass is 290 g/mol. The maximum absolute atomic E-state index is 11.7. The van der Waals surface area contributed by atoms with Gasteiger partial charge >= 0.3 is 0 Å². The number of rotatable bonds is 8. The van der Waals surface area contributed by atoms with Crippen LogP contribution in [0.4, 0.5) is 5.13 Å². The molecule has 1 rings (SSSR count). The molecule has 0 saturated heterocycles. The molecule has 0 aromatic carbocycles. The maximum Gasteiger partial charge on any atom is 0.233 e. The maximum atomic E-state index is 11.7. The van der Waals surface area contributed by atoms with Crippen molar-refractivity contribution in [3.05, 3.63) is 0 Å². The number of hydrogen-bond acceptors (Lipinski definition) is 7. The van der Waals surface area contributed by atoms with Crippen LogP contribution in [-0.2, 0) is 9.53 Å². The van der Waals surface area contributed by atoms with Crippen LogP contribution in [0, 0.1) is 0 Å². The highest BCUT2D eigenvalue weighted by Crippen LogP contribution is 2.27. The third kappa shape index (κ3) is 5.65. The number of amides is 1. The molecule has 8 heteroatoms. The van der Waals surface area contributed by atoms with E-state index in [1.54, 1.807) is 0 Å². The van der Waals surface area contributed by atoms with E-state index in [0.29, 0.717) is 29.2 Å². The Labute approximate surface area is 115 Å². The summed E-state index contributed by atoms with van der Waals surface area (Å²) in [7, 11) is 0. The first-order chi connectivity index (χ1) is 8.63. The van der Waals surface area contributed by atoms with Crippen molar-refractivity contribution in [2.75, 3.05) is 25.5 Å². The number of anilines is 1. The Morgan fingerprint density at radius 3 is 3.00 bits per heavy atom. The number of nitrogens with two attached hydrogens (primary N) is 1. The van der Waals surface area contributed by atoms with Gasteiger partial charge in [-0.2, -0.15) is 0 Å². The van der Waals surface area contributed by atoms with Gasteiger partial charge in [-0.1, -0.05) is 23.1 Å². The fraction of sp³-hybridized carbons (Fsp3) is 0.700. The molecule has 1 amide bonds. The number of nitrogen functional groups attached to an aromatic ring is 1. The Bertz CT molecular complexity index is 373. The molecule has 1 atom stereocenters. The Kier molecular flexibility index (Phi) is 6.99. The van der Waals surface area contributed by atoms with Gasteiger partial charge in [0.1, 0.15) is 0 Å². The SMILES string of the molecule is CCOCCCNC(=O)C(C)Sc1nnc(N)s1. The molecule has 102 valence electrons.